The number of fused-ring (bicyclic) bond motifs is 1. The molecule has 1 atom stereocenters. The first-order valence-corrected chi connectivity index (χ1v) is 14.5. The molecule has 4 aromatic heterocycles. The van der Waals surface area contributed by atoms with Crippen molar-refractivity contribution >= 4 is 50.1 Å². The Morgan fingerprint density at radius 3 is 2.81 bits per heavy atom. The molecule has 36 heavy (non-hydrogen) atoms. The maximum Gasteiger partial charge on any atom is 0.280 e. The standard InChI is InChI=1S/C24H25ClN6O3S2/c1-2-19(20-12-16(7-9-26-20)30-36(33,34)17-5-3-4-6-17)29-23(32)24-27-14-22(35-24)18-13-28-31-10-8-15(25)11-21(18)31/h7-14,17,19H,2-6H2,1H3,(H,26,30)(H,29,32)/t19-/m1/s1. The van der Waals surface area contributed by atoms with Crippen molar-refractivity contribution < 1.29 is 13.2 Å². The Morgan fingerprint density at radius 1 is 1.22 bits per heavy atom. The second-order valence-electron chi connectivity index (χ2n) is 8.72. The van der Waals surface area contributed by atoms with E-state index in [9.17, 15) is 13.2 Å². The second-order valence-corrected chi connectivity index (χ2v) is 12.1. The summed E-state index contributed by atoms with van der Waals surface area (Å²) in [6, 6.07) is 6.47. The number of carbonyl (C=O) groups excluding carboxylic acids is 1. The fraction of sp³-hybridized carbons (Fsp3) is 0.333. The van der Waals surface area contributed by atoms with Crippen LogP contribution in [0.5, 0.6) is 0 Å². The highest BCUT2D eigenvalue weighted by Gasteiger charge is 2.29. The Bertz CT molecular complexity index is 1510. The van der Waals surface area contributed by atoms with Gasteiger partial charge in [0.05, 0.1) is 39.3 Å². The first-order chi connectivity index (χ1) is 17.3. The molecule has 0 radical (unpaired) electrons. The third-order valence-corrected chi connectivity index (χ3v) is 9.44. The van der Waals surface area contributed by atoms with Crippen LogP contribution >= 0.6 is 22.9 Å². The monoisotopic (exact) mass is 544 g/mol. The van der Waals surface area contributed by atoms with Crippen LogP contribution in [-0.2, 0) is 10.0 Å². The topological polar surface area (TPSA) is 118 Å². The molecule has 0 spiro atoms. The minimum absolute atomic E-state index is 0.308. The highest BCUT2D eigenvalue weighted by molar-refractivity contribution is 7.93. The summed E-state index contributed by atoms with van der Waals surface area (Å²) in [6.45, 7) is 1.93. The lowest BCUT2D eigenvalue weighted by Crippen LogP contribution is -2.29. The molecule has 1 aliphatic carbocycles. The van der Waals surface area contributed by atoms with E-state index in [0.717, 1.165) is 28.8 Å². The molecule has 0 saturated heterocycles. The van der Waals surface area contributed by atoms with Crippen LogP contribution in [-0.4, -0.2) is 39.2 Å². The molecule has 1 fully saturated rings. The maximum atomic E-state index is 13.0. The van der Waals surface area contributed by atoms with Crippen molar-refractivity contribution in [3.05, 3.63) is 64.8 Å². The molecule has 0 aliphatic heterocycles. The van der Waals surface area contributed by atoms with Gasteiger partial charge in [-0.25, -0.2) is 17.9 Å². The molecule has 12 heteroatoms. The number of hydrogen-bond acceptors (Lipinski definition) is 7. The van der Waals surface area contributed by atoms with E-state index >= 15 is 0 Å². The second kappa shape index (κ2) is 10.2. The predicted molar refractivity (Wildman–Crippen MR) is 141 cm³/mol. The van der Waals surface area contributed by atoms with Gasteiger partial charge in [0.1, 0.15) is 0 Å². The molecule has 2 N–H and O–H groups in total. The Balaban J connectivity index is 1.31. The maximum absolute atomic E-state index is 13.0. The number of rotatable bonds is 8. The van der Waals surface area contributed by atoms with Gasteiger partial charge in [-0.3, -0.25) is 14.5 Å². The van der Waals surface area contributed by atoms with Gasteiger partial charge in [0, 0.05) is 29.2 Å². The van der Waals surface area contributed by atoms with E-state index in [2.05, 4.69) is 25.1 Å². The summed E-state index contributed by atoms with van der Waals surface area (Å²) in [7, 11) is -3.45. The fourth-order valence-electron chi connectivity index (χ4n) is 4.40. The zero-order chi connectivity index (χ0) is 25.3. The van der Waals surface area contributed by atoms with E-state index in [1.165, 1.54) is 11.3 Å². The van der Waals surface area contributed by atoms with Crippen molar-refractivity contribution in [1.82, 2.24) is 24.9 Å². The van der Waals surface area contributed by atoms with Crippen LogP contribution in [0.4, 0.5) is 5.69 Å². The number of amides is 1. The van der Waals surface area contributed by atoms with Gasteiger partial charge in [0.15, 0.2) is 5.01 Å². The third kappa shape index (κ3) is 5.09. The van der Waals surface area contributed by atoms with Gasteiger partial charge < -0.3 is 5.32 Å². The van der Waals surface area contributed by atoms with E-state index in [1.54, 1.807) is 47.5 Å². The van der Waals surface area contributed by atoms with Crippen molar-refractivity contribution in [3.63, 3.8) is 0 Å². The number of thiazole rings is 1. The molecular formula is C24H25ClN6O3S2. The van der Waals surface area contributed by atoms with Gasteiger partial charge in [-0.15, -0.1) is 11.3 Å². The van der Waals surface area contributed by atoms with E-state index < -0.39 is 16.1 Å². The van der Waals surface area contributed by atoms with Gasteiger partial charge in [0.2, 0.25) is 10.0 Å². The smallest absolute Gasteiger partial charge is 0.280 e. The molecule has 188 valence electrons. The highest BCUT2D eigenvalue weighted by atomic mass is 35.5. The lowest BCUT2D eigenvalue weighted by atomic mass is 10.1. The largest absolute Gasteiger partial charge is 0.342 e. The van der Waals surface area contributed by atoms with E-state index in [1.807, 2.05) is 13.0 Å². The van der Waals surface area contributed by atoms with Crippen molar-refractivity contribution in [3.8, 4) is 10.4 Å². The summed E-state index contributed by atoms with van der Waals surface area (Å²) in [5.74, 6) is -0.327. The van der Waals surface area contributed by atoms with Gasteiger partial charge >= 0.3 is 0 Å². The Morgan fingerprint density at radius 2 is 2.03 bits per heavy atom. The van der Waals surface area contributed by atoms with Gasteiger partial charge in [-0.1, -0.05) is 31.4 Å². The summed E-state index contributed by atoms with van der Waals surface area (Å²) in [4.78, 5) is 22.5. The number of anilines is 1. The number of pyridine rings is 2. The molecule has 1 aliphatic rings. The lowest BCUT2D eigenvalue weighted by molar-refractivity contribution is 0.0934. The third-order valence-electron chi connectivity index (χ3n) is 6.30. The molecule has 0 bridgehead atoms. The number of aromatic nitrogens is 4. The van der Waals surface area contributed by atoms with E-state index in [-0.39, 0.29) is 11.2 Å². The van der Waals surface area contributed by atoms with Crippen LogP contribution in [0, 0.1) is 0 Å². The van der Waals surface area contributed by atoms with Gasteiger partial charge in [0.25, 0.3) is 5.91 Å². The molecule has 1 saturated carbocycles. The van der Waals surface area contributed by atoms with Crippen LogP contribution in [0.3, 0.4) is 0 Å². The fourth-order valence-corrected chi connectivity index (χ4v) is 6.98. The summed E-state index contributed by atoms with van der Waals surface area (Å²) in [5.41, 5.74) is 2.69. The number of halogens is 1. The van der Waals surface area contributed by atoms with Crippen molar-refractivity contribution in [2.24, 2.45) is 0 Å². The Labute approximate surface area is 218 Å². The predicted octanol–water partition coefficient (Wildman–Crippen LogP) is 5.07. The van der Waals surface area contributed by atoms with Crippen LogP contribution in [0.15, 0.2) is 49.1 Å². The molecule has 1 amide bonds. The molecule has 4 heterocycles. The molecule has 4 aromatic rings. The van der Waals surface area contributed by atoms with Crippen LogP contribution in [0.25, 0.3) is 16.0 Å². The summed E-state index contributed by atoms with van der Waals surface area (Å²) >= 11 is 7.40. The minimum Gasteiger partial charge on any atom is -0.342 e. The summed E-state index contributed by atoms with van der Waals surface area (Å²) in [6.07, 6.45) is 10.5. The zero-order valence-electron chi connectivity index (χ0n) is 19.5. The Kier molecular flexibility index (Phi) is 6.96. The average molecular weight is 545 g/mol. The first-order valence-electron chi connectivity index (χ1n) is 11.7. The molecular weight excluding hydrogens is 520 g/mol. The number of sulfonamides is 1. The normalized spacial score (nSPS) is 15.3. The van der Waals surface area contributed by atoms with Crippen LogP contribution in [0.2, 0.25) is 5.02 Å². The summed E-state index contributed by atoms with van der Waals surface area (Å²) in [5, 5.41) is 7.85. The first kappa shape index (κ1) is 24.7. The van der Waals surface area contributed by atoms with Gasteiger partial charge in [-0.2, -0.15) is 5.10 Å². The van der Waals surface area contributed by atoms with Crippen molar-refractivity contribution in [1.29, 1.82) is 0 Å². The Hall–Kier alpha value is -3.02. The quantitative estimate of drug-likeness (QED) is 0.319. The van der Waals surface area contributed by atoms with Crippen molar-refractivity contribution in [2.75, 3.05) is 4.72 Å². The highest BCUT2D eigenvalue weighted by Crippen LogP contribution is 2.31. The number of carbonyl (C=O) groups is 1. The average Bonchev–Trinajstić information content (AvgIpc) is 3.63. The SMILES string of the molecule is CC[C@@H](NC(=O)c1ncc(-c2cnn3ccc(Cl)cc23)s1)c1cc(NS(=O)(=O)C2CCCC2)ccn1. The van der Waals surface area contributed by atoms with Gasteiger partial charge in [-0.05, 0) is 43.5 Å². The molecule has 5 rings (SSSR count). The van der Waals surface area contributed by atoms with Crippen LogP contribution < -0.4 is 10.0 Å². The summed E-state index contributed by atoms with van der Waals surface area (Å²) < 4.78 is 29.8. The van der Waals surface area contributed by atoms with E-state index in [4.69, 9.17) is 11.6 Å². The molecule has 0 aromatic carbocycles. The van der Waals surface area contributed by atoms with E-state index in [0.29, 0.717) is 40.7 Å². The molecule has 0 unspecified atom stereocenters. The number of hydrogen-bond donors (Lipinski definition) is 2. The van der Waals surface area contributed by atoms with Crippen molar-refractivity contribution in [2.45, 2.75) is 50.3 Å². The minimum atomic E-state index is -3.45. The molecule has 9 nitrogen and oxygen atoms in total. The lowest BCUT2D eigenvalue weighted by Gasteiger charge is -2.18. The van der Waals surface area contributed by atoms with Crippen LogP contribution in [0.1, 0.15) is 60.6 Å². The number of nitrogens with zero attached hydrogens (tertiary/aromatic N) is 4. The zero-order valence-corrected chi connectivity index (χ0v) is 21.9. The number of nitrogens with one attached hydrogen (secondary N) is 2.